The lowest BCUT2D eigenvalue weighted by Gasteiger charge is -2.14. The fraction of sp³-hybridized carbons (Fsp3) is 0.133. The van der Waals surface area contributed by atoms with Crippen molar-refractivity contribution in [3.8, 4) is 11.8 Å². The number of benzene rings is 1. The fourth-order valence-corrected chi connectivity index (χ4v) is 1.89. The van der Waals surface area contributed by atoms with Crippen LogP contribution in [0.15, 0.2) is 30.5 Å². The van der Waals surface area contributed by atoms with Gasteiger partial charge in [-0.2, -0.15) is 5.26 Å². The summed E-state index contributed by atoms with van der Waals surface area (Å²) in [7, 11) is 1.48. The molecule has 0 atom stereocenters. The molecule has 0 saturated carbocycles. The molecule has 0 saturated heterocycles. The molecule has 106 valence electrons. The van der Waals surface area contributed by atoms with Crippen molar-refractivity contribution in [1.82, 2.24) is 4.98 Å². The Morgan fingerprint density at radius 3 is 2.86 bits per heavy atom. The Balaban J connectivity index is 2.55. The van der Waals surface area contributed by atoms with Crippen molar-refractivity contribution in [2.45, 2.75) is 6.92 Å². The van der Waals surface area contributed by atoms with Gasteiger partial charge in [0, 0.05) is 11.9 Å². The van der Waals surface area contributed by atoms with E-state index in [9.17, 15) is 15.2 Å². The van der Waals surface area contributed by atoms with E-state index >= 15 is 0 Å². The van der Waals surface area contributed by atoms with Crippen LogP contribution >= 0.6 is 0 Å². The summed E-state index contributed by atoms with van der Waals surface area (Å²) in [6, 6.07) is 8.67. The molecule has 6 heteroatoms. The molecule has 2 N–H and O–H groups in total. The molecular formula is C15H13N3O3. The van der Waals surface area contributed by atoms with Gasteiger partial charge >= 0.3 is 5.97 Å². The van der Waals surface area contributed by atoms with E-state index < -0.39 is 5.97 Å². The molecule has 0 spiro atoms. The van der Waals surface area contributed by atoms with Crippen molar-refractivity contribution in [2.75, 3.05) is 12.4 Å². The highest BCUT2D eigenvalue weighted by atomic mass is 16.5. The summed E-state index contributed by atoms with van der Waals surface area (Å²) in [5, 5.41) is 21.4. The van der Waals surface area contributed by atoms with Gasteiger partial charge in [0.25, 0.3) is 0 Å². The minimum absolute atomic E-state index is 0.0235. The molecule has 0 aliphatic carbocycles. The zero-order chi connectivity index (χ0) is 15.4. The number of nitriles is 1. The summed E-state index contributed by atoms with van der Waals surface area (Å²) in [5.74, 6) is -0.641. The van der Waals surface area contributed by atoms with E-state index in [1.807, 2.05) is 6.07 Å². The zero-order valence-electron chi connectivity index (χ0n) is 11.5. The Morgan fingerprint density at radius 2 is 2.24 bits per heavy atom. The number of aryl methyl sites for hydroxylation is 1. The Hall–Kier alpha value is -3.07. The third-order valence-electron chi connectivity index (χ3n) is 2.90. The van der Waals surface area contributed by atoms with Crippen molar-refractivity contribution in [3.63, 3.8) is 0 Å². The van der Waals surface area contributed by atoms with Gasteiger partial charge in [0.2, 0.25) is 0 Å². The molecule has 0 fully saturated rings. The topological polar surface area (TPSA) is 95.2 Å². The molecule has 1 aromatic carbocycles. The first-order valence-corrected chi connectivity index (χ1v) is 6.11. The number of carboxylic acids is 1. The van der Waals surface area contributed by atoms with Gasteiger partial charge < -0.3 is 15.2 Å². The molecule has 0 bridgehead atoms. The first-order valence-electron chi connectivity index (χ1n) is 6.11. The van der Waals surface area contributed by atoms with Gasteiger partial charge in [0.1, 0.15) is 17.4 Å². The number of ether oxygens (including phenoxy) is 1. The lowest BCUT2D eigenvalue weighted by molar-refractivity contribution is 0.0697. The third kappa shape index (κ3) is 2.92. The van der Waals surface area contributed by atoms with Crippen LogP contribution in [-0.4, -0.2) is 23.2 Å². The highest BCUT2D eigenvalue weighted by Crippen LogP contribution is 2.32. The normalized spacial score (nSPS) is 9.76. The van der Waals surface area contributed by atoms with Gasteiger partial charge in [-0.25, -0.2) is 4.79 Å². The smallest absolute Gasteiger partial charge is 0.339 e. The van der Waals surface area contributed by atoms with Crippen LogP contribution in [-0.2, 0) is 0 Å². The van der Waals surface area contributed by atoms with Crippen LogP contribution < -0.4 is 10.1 Å². The largest absolute Gasteiger partial charge is 0.495 e. The van der Waals surface area contributed by atoms with E-state index in [1.54, 1.807) is 31.2 Å². The summed E-state index contributed by atoms with van der Waals surface area (Å²) in [6.07, 6.45) is 1.28. The Bertz CT molecular complexity index is 735. The highest BCUT2D eigenvalue weighted by Gasteiger charge is 2.15. The van der Waals surface area contributed by atoms with Crippen molar-refractivity contribution in [1.29, 1.82) is 5.26 Å². The fourth-order valence-electron chi connectivity index (χ4n) is 1.89. The van der Waals surface area contributed by atoms with Crippen molar-refractivity contribution in [3.05, 3.63) is 47.3 Å². The number of anilines is 2. The predicted octanol–water partition coefficient (Wildman–Crippen LogP) is 2.71. The molecule has 0 unspecified atom stereocenters. The number of carbonyl (C=O) groups is 1. The first-order chi connectivity index (χ1) is 10.1. The molecule has 1 heterocycles. The van der Waals surface area contributed by atoms with Crippen molar-refractivity contribution >= 4 is 17.3 Å². The summed E-state index contributed by atoms with van der Waals surface area (Å²) in [6.45, 7) is 1.75. The standard InChI is InChI=1S/C15H13N3O3/c1-9-6-12(11(8-17-9)15(19)20)18-14-10(7-16)4-3-5-13(14)21-2/h3-6,8H,1-2H3,(H,17,18)(H,19,20). The van der Waals surface area contributed by atoms with Gasteiger partial charge in [0.15, 0.2) is 0 Å². The van der Waals surface area contributed by atoms with Crippen molar-refractivity contribution < 1.29 is 14.6 Å². The second kappa shape index (κ2) is 5.92. The van der Waals surface area contributed by atoms with Gasteiger partial charge in [-0.05, 0) is 25.1 Å². The van der Waals surface area contributed by atoms with E-state index in [1.165, 1.54) is 13.3 Å². The summed E-state index contributed by atoms with van der Waals surface area (Å²) in [5.41, 5.74) is 1.83. The summed E-state index contributed by atoms with van der Waals surface area (Å²) in [4.78, 5) is 15.2. The number of hydrogen-bond donors (Lipinski definition) is 2. The molecule has 2 aromatic rings. The second-order valence-electron chi connectivity index (χ2n) is 4.30. The Labute approximate surface area is 121 Å². The van der Waals surface area contributed by atoms with E-state index in [4.69, 9.17) is 4.74 Å². The molecule has 0 aliphatic heterocycles. The number of nitrogens with zero attached hydrogens (tertiary/aromatic N) is 2. The number of methoxy groups -OCH3 is 1. The molecule has 21 heavy (non-hydrogen) atoms. The Kier molecular flexibility index (Phi) is 4.05. The minimum atomic E-state index is -1.10. The summed E-state index contributed by atoms with van der Waals surface area (Å²) >= 11 is 0. The third-order valence-corrected chi connectivity index (χ3v) is 2.90. The lowest BCUT2D eigenvalue weighted by Crippen LogP contribution is -2.06. The SMILES string of the molecule is COc1cccc(C#N)c1Nc1cc(C)ncc1C(=O)O. The molecule has 2 rings (SSSR count). The molecule has 0 radical (unpaired) electrons. The summed E-state index contributed by atoms with van der Waals surface area (Å²) < 4.78 is 5.21. The van der Waals surface area contributed by atoms with E-state index in [0.29, 0.717) is 28.4 Å². The molecular weight excluding hydrogens is 270 g/mol. The zero-order valence-corrected chi connectivity index (χ0v) is 11.5. The van der Waals surface area contributed by atoms with Crippen LogP contribution in [0.2, 0.25) is 0 Å². The molecule has 6 nitrogen and oxygen atoms in total. The predicted molar refractivity (Wildman–Crippen MR) is 76.9 cm³/mol. The van der Waals surface area contributed by atoms with Crippen molar-refractivity contribution in [2.24, 2.45) is 0 Å². The van der Waals surface area contributed by atoms with Crippen LogP contribution in [0.3, 0.4) is 0 Å². The van der Waals surface area contributed by atoms with Gasteiger partial charge in [0.05, 0.1) is 24.0 Å². The number of rotatable bonds is 4. The number of pyridine rings is 1. The van der Waals surface area contributed by atoms with Crippen LogP contribution in [0, 0.1) is 18.3 Å². The molecule has 0 amide bonds. The lowest BCUT2D eigenvalue weighted by atomic mass is 10.1. The van der Waals surface area contributed by atoms with Crippen LogP contribution in [0.4, 0.5) is 11.4 Å². The molecule has 0 aliphatic rings. The van der Waals surface area contributed by atoms with Gasteiger partial charge in [-0.1, -0.05) is 6.07 Å². The van der Waals surface area contributed by atoms with Crippen LogP contribution in [0.25, 0.3) is 0 Å². The number of nitrogens with one attached hydrogen (secondary N) is 1. The number of para-hydroxylation sites is 1. The number of aromatic nitrogens is 1. The second-order valence-corrected chi connectivity index (χ2v) is 4.30. The number of aromatic carboxylic acids is 1. The van der Waals surface area contributed by atoms with Gasteiger partial charge in [-0.3, -0.25) is 4.98 Å². The Morgan fingerprint density at radius 1 is 1.48 bits per heavy atom. The average molecular weight is 283 g/mol. The van der Waals surface area contributed by atoms with E-state index in [2.05, 4.69) is 10.3 Å². The van der Waals surface area contributed by atoms with E-state index in [0.717, 1.165) is 0 Å². The first kappa shape index (κ1) is 14.3. The molecule has 1 aromatic heterocycles. The maximum Gasteiger partial charge on any atom is 0.339 e. The minimum Gasteiger partial charge on any atom is -0.495 e. The van der Waals surface area contributed by atoms with Gasteiger partial charge in [-0.15, -0.1) is 0 Å². The highest BCUT2D eigenvalue weighted by molar-refractivity contribution is 5.95. The maximum atomic E-state index is 11.3. The quantitative estimate of drug-likeness (QED) is 0.895. The number of hydrogen-bond acceptors (Lipinski definition) is 5. The van der Waals surface area contributed by atoms with Crippen LogP contribution in [0.1, 0.15) is 21.6 Å². The maximum absolute atomic E-state index is 11.3. The number of carboxylic acid groups (broad SMARTS) is 1. The van der Waals surface area contributed by atoms with E-state index in [-0.39, 0.29) is 5.56 Å². The monoisotopic (exact) mass is 283 g/mol. The van der Waals surface area contributed by atoms with Crippen LogP contribution in [0.5, 0.6) is 5.75 Å². The average Bonchev–Trinajstić information content (AvgIpc) is 2.47.